The number of anilines is 1. The highest BCUT2D eigenvalue weighted by atomic mass is 16.2. The fourth-order valence-corrected chi connectivity index (χ4v) is 3.35. The summed E-state index contributed by atoms with van der Waals surface area (Å²) < 4.78 is 1.75. The van der Waals surface area contributed by atoms with Crippen LogP contribution in [0.1, 0.15) is 55.6 Å². The van der Waals surface area contributed by atoms with Crippen LogP contribution in [0.5, 0.6) is 0 Å². The molecule has 3 N–H and O–H groups in total. The summed E-state index contributed by atoms with van der Waals surface area (Å²) in [5, 5.41) is 17.5. The molecule has 7 heteroatoms. The van der Waals surface area contributed by atoms with E-state index in [0.717, 1.165) is 22.9 Å². The van der Waals surface area contributed by atoms with Gasteiger partial charge >= 0.3 is 6.03 Å². The van der Waals surface area contributed by atoms with Crippen molar-refractivity contribution < 1.29 is 4.79 Å². The van der Waals surface area contributed by atoms with Crippen LogP contribution in [0.2, 0.25) is 0 Å². The Kier molecular flexibility index (Phi) is 4.87. The van der Waals surface area contributed by atoms with Crippen LogP contribution in [-0.4, -0.2) is 32.1 Å². The highest BCUT2D eigenvalue weighted by Gasteiger charge is 2.21. The highest BCUT2D eigenvalue weighted by molar-refractivity contribution is 5.88. The minimum Gasteiger partial charge on any atom is -0.335 e. The summed E-state index contributed by atoms with van der Waals surface area (Å²) in [7, 11) is 1.87. The smallest absolute Gasteiger partial charge is 0.320 e. The van der Waals surface area contributed by atoms with Gasteiger partial charge in [-0.1, -0.05) is 12.8 Å². The molecule has 2 aromatic heterocycles. The maximum absolute atomic E-state index is 12.2. The number of carbonyl (C=O) groups is 1. The molecule has 0 aliphatic heterocycles. The van der Waals surface area contributed by atoms with E-state index in [-0.39, 0.29) is 12.1 Å². The Balaban J connectivity index is 1.54. The first-order valence-electron chi connectivity index (χ1n) is 8.63. The number of aryl methyl sites for hydroxylation is 2. The Morgan fingerprint density at radius 3 is 2.83 bits per heavy atom. The van der Waals surface area contributed by atoms with Gasteiger partial charge in [-0.15, -0.1) is 0 Å². The molecule has 24 heavy (non-hydrogen) atoms. The van der Waals surface area contributed by atoms with Crippen molar-refractivity contribution in [2.24, 2.45) is 7.05 Å². The number of urea groups is 1. The van der Waals surface area contributed by atoms with Gasteiger partial charge in [-0.2, -0.15) is 10.2 Å². The molecule has 1 aliphatic rings. The third-order valence-electron chi connectivity index (χ3n) is 4.57. The average Bonchev–Trinajstić information content (AvgIpc) is 3.22. The van der Waals surface area contributed by atoms with E-state index in [1.54, 1.807) is 4.68 Å². The molecule has 1 atom stereocenters. The van der Waals surface area contributed by atoms with Crippen LogP contribution >= 0.6 is 0 Å². The number of rotatable bonds is 5. The number of aromatic nitrogens is 4. The van der Waals surface area contributed by atoms with E-state index in [1.165, 1.54) is 25.7 Å². The van der Waals surface area contributed by atoms with Gasteiger partial charge in [-0.05, 0) is 32.8 Å². The van der Waals surface area contributed by atoms with Crippen molar-refractivity contribution in [3.63, 3.8) is 0 Å². The first-order valence-corrected chi connectivity index (χ1v) is 8.63. The standard InChI is InChI=1S/C17H26N6O/c1-11(8-14-9-12(2)20-21-14)18-17(24)19-16-10-15(22-23(16)3)13-6-4-5-7-13/h9-11,13H,4-8H2,1-3H3,(H,20,21)(H2,18,19,24). The van der Waals surface area contributed by atoms with Gasteiger partial charge in [0.05, 0.1) is 11.4 Å². The van der Waals surface area contributed by atoms with Gasteiger partial charge in [0.15, 0.2) is 0 Å². The molecular weight excluding hydrogens is 304 g/mol. The van der Waals surface area contributed by atoms with Crippen LogP contribution in [0, 0.1) is 6.92 Å². The molecule has 1 unspecified atom stereocenters. The lowest BCUT2D eigenvalue weighted by Crippen LogP contribution is -2.37. The van der Waals surface area contributed by atoms with Crippen LogP contribution < -0.4 is 10.6 Å². The largest absolute Gasteiger partial charge is 0.335 e. The van der Waals surface area contributed by atoms with Gasteiger partial charge in [0, 0.05) is 37.2 Å². The normalized spacial score (nSPS) is 16.3. The van der Waals surface area contributed by atoms with Gasteiger partial charge in [-0.3, -0.25) is 15.1 Å². The van der Waals surface area contributed by atoms with Crippen molar-refractivity contribution in [2.45, 2.75) is 57.9 Å². The number of carbonyl (C=O) groups excluding carboxylic acids is 1. The van der Waals surface area contributed by atoms with Crippen molar-refractivity contribution >= 4 is 11.8 Å². The van der Waals surface area contributed by atoms with Gasteiger partial charge in [0.25, 0.3) is 0 Å². The van der Waals surface area contributed by atoms with Gasteiger partial charge < -0.3 is 5.32 Å². The molecule has 130 valence electrons. The fourth-order valence-electron chi connectivity index (χ4n) is 3.35. The zero-order chi connectivity index (χ0) is 17.1. The van der Waals surface area contributed by atoms with E-state index in [9.17, 15) is 4.79 Å². The van der Waals surface area contributed by atoms with E-state index in [0.29, 0.717) is 12.3 Å². The minimum atomic E-state index is -0.212. The van der Waals surface area contributed by atoms with Crippen LogP contribution in [-0.2, 0) is 13.5 Å². The monoisotopic (exact) mass is 330 g/mol. The molecule has 1 fully saturated rings. The Labute approximate surface area is 142 Å². The molecule has 7 nitrogen and oxygen atoms in total. The third-order valence-corrected chi connectivity index (χ3v) is 4.57. The summed E-state index contributed by atoms with van der Waals surface area (Å²) in [5.41, 5.74) is 3.06. The number of nitrogens with one attached hydrogen (secondary N) is 3. The van der Waals surface area contributed by atoms with Crippen LogP contribution in [0.4, 0.5) is 10.6 Å². The number of H-pyrrole nitrogens is 1. The van der Waals surface area contributed by atoms with E-state index in [4.69, 9.17) is 0 Å². The lowest BCUT2D eigenvalue weighted by atomic mass is 10.0. The Hall–Kier alpha value is -2.31. The quantitative estimate of drug-likeness (QED) is 0.787. The van der Waals surface area contributed by atoms with Gasteiger partial charge in [-0.25, -0.2) is 4.79 Å². The van der Waals surface area contributed by atoms with Crippen molar-refractivity contribution in [3.8, 4) is 0 Å². The summed E-state index contributed by atoms with van der Waals surface area (Å²) in [6, 6.07) is 3.77. The fraction of sp³-hybridized carbons (Fsp3) is 0.588. The maximum Gasteiger partial charge on any atom is 0.320 e. The van der Waals surface area contributed by atoms with Crippen LogP contribution in [0.3, 0.4) is 0 Å². The molecule has 3 rings (SSSR count). The maximum atomic E-state index is 12.2. The molecule has 0 bridgehead atoms. The molecule has 1 saturated carbocycles. The second-order valence-electron chi connectivity index (χ2n) is 6.81. The molecule has 2 heterocycles. The molecule has 1 aliphatic carbocycles. The van der Waals surface area contributed by atoms with Crippen molar-refractivity contribution in [1.82, 2.24) is 25.3 Å². The van der Waals surface area contributed by atoms with E-state index in [2.05, 4.69) is 25.9 Å². The summed E-state index contributed by atoms with van der Waals surface area (Å²) in [5.74, 6) is 1.27. The van der Waals surface area contributed by atoms with E-state index >= 15 is 0 Å². The van der Waals surface area contributed by atoms with Crippen molar-refractivity contribution in [2.75, 3.05) is 5.32 Å². The zero-order valence-electron chi connectivity index (χ0n) is 14.6. The molecule has 2 amide bonds. The summed E-state index contributed by atoms with van der Waals surface area (Å²) in [6.07, 6.45) is 5.63. The summed E-state index contributed by atoms with van der Waals surface area (Å²) in [4.78, 5) is 12.2. The summed E-state index contributed by atoms with van der Waals surface area (Å²) in [6.45, 7) is 3.93. The number of nitrogens with zero attached hydrogens (tertiary/aromatic N) is 3. The second kappa shape index (κ2) is 7.07. The predicted octanol–water partition coefficient (Wildman–Crippen LogP) is 2.86. The first kappa shape index (κ1) is 16.5. The number of hydrogen-bond acceptors (Lipinski definition) is 3. The topological polar surface area (TPSA) is 87.6 Å². The van der Waals surface area contributed by atoms with Crippen LogP contribution in [0.15, 0.2) is 12.1 Å². The van der Waals surface area contributed by atoms with Crippen molar-refractivity contribution in [3.05, 3.63) is 29.2 Å². The van der Waals surface area contributed by atoms with E-state index < -0.39 is 0 Å². The van der Waals surface area contributed by atoms with E-state index in [1.807, 2.05) is 33.0 Å². The number of amides is 2. The lowest BCUT2D eigenvalue weighted by Gasteiger charge is -2.13. The van der Waals surface area contributed by atoms with Crippen LogP contribution in [0.25, 0.3) is 0 Å². The van der Waals surface area contributed by atoms with Gasteiger partial charge in [0.2, 0.25) is 0 Å². The summed E-state index contributed by atoms with van der Waals surface area (Å²) >= 11 is 0. The third kappa shape index (κ3) is 3.96. The molecule has 0 spiro atoms. The lowest BCUT2D eigenvalue weighted by molar-refractivity contribution is 0.249. The Bertz CT molecular complexity index is 698. The minimum absolute atomic E-state index is 0.00442. The molecular formula is C17H26N6O. The first-order chi connectivity index (χ1) is 11.5. The molecule has 0 saturated heterocycles. The average molecular weight is 330 g/mol. The SMILES string of the molecule is Cc1cc(CC(C)NC(=O)Nc2cc(C3CCCC3)nn2C)n[nH]1. The molecule has 2 aromatic rings. The number of hydrogen-bond donors (Lipinski definition) is 3. The zero-order valence-corrected chi connectivity index (χ0v) is 14.6. The Morgan fingerprint density at radius 2 is 2.17 bits per heavy atom. The predicted molar refractivity (Wildman–Crippen MR) is 93.1 cm³/mol. The molecule has 0 radical (unpaired) electrons. The number of aromatic amines is 1. The molecule has 0 aromatic carbocycles. The van der Waals surface area contributed by atoms with Gasteiger partial charge in [0.1, 0.15) is 5.82 Å². The van der Waals surface area contributed by atoms with Crippen molar-refractivity contribution in [1.29, 1.82) is 0 Å². The Morgan fingerprint density at radius 1 is 1.42 bits per heavy atom. The second-order valence-corrected chi connectivity index (χ2v) is 6.81. The highest BCUT2D eigenvalue weighted by Crippen LogP contribution is 2.34.